The normalized spacial score (nSPS) is 22.3. The zero-order chi connectivity index (χ0) is 8.93. The summed E-state index contributed by atoms with van der Waals surface area (Å²) in [5.74, 6) is 3.68. The maximum Gasteiger partial charge on any atom is 0.105 e. The van der Waals surface area contributed by atoms with Crippen LogP contribution >= 0.6 is 11.8 Å². The highest BCUT2D eigenvalue weighted by Crippen LogP contribution is 2.16. The molecule has 1 aliphatic rings. The number of hydrogen-bond donors (Lipinski definition) is 1. The van der Waals surface area contributed by atoms with Gasteiger partial charge in [0.15, 0.2) is 0 Å². The van der Waals surface area contributed by atoms with Gasteiger partial charge in [-0.15, -0.1) is 0 Å². The SMILES string of the molecule is c1coc(CCNC2CCSC2)c1. The molecule has 0 bridgehead atoms. The van der Waals surface area contributed by atoms with Gasteiger partial charge < -0.3 is 9.73 Å². The molecule has 0 aliphatic carbocycles. The molecule has 3 heteroatoms. The van der Waals surface area contributed by atoms with Crippen LogP contribution in [0.1, 0.15) is 12.2 Å². The second-order valence-electron chi connectivity index (χ2n) is 3.34. The first-order valence-electron chi connectivity index (χ1n) is 4.78. The topological polar surface area (TPSA) is 25.2 Å². The Hall–Kier alpha value is -0.410. The maximum atomic E-state index is 5.25. The van der Waals surface area contributed by atoms with E-state index >= 15 is 0 Å². The van der Waals surface area contributed by atoms with Gasteiger partial charge in [0.1, 0.15) is 5.76 Å². The summed E-state index contributed by atoms with van der Waals surface area (Å²) >= 11 is 2.04. The molecule has 2 rings (SSSR count). The van der Waals surface area contributed by atoms with Gasteiger partial charge in [-0.05, 0) is 24.3 Å². The summed E-state index contributed by atoms with van der Waals surface area (Å²) in [5.41, 5.74) is 0. The highest BCUT2D eigenvalue weighted by Gasteiger charge is 2.13. The lowest BCUT2D eigenvalue weighted by atomic mass is 10.2. The number of thioether (sulfide) groups is 1. The van der Waals surface area contributed by atoms with Crippen molar-refractivity contribution in [2.45, 2.75) is 18.9 Å². The van der Waals surface area contributed by atoms with Crippen LogP contribution in [0.3, 0.4) is 0 Å². The molecule has 0 spiro atoms. The zero-order valence-electron chi connectivity index (χ0n) is 7.66. The predicted octanol–water partition coefficient (Wildman–Crippen LogP) is 1.92. The minimum atomic E-state index is 0.736. The maximum absolute atomic E-state index is 5.25. The van der Waals surface area contributed by atoms with E-state index in [0.29, 0.717) is 0 Å². The Morgan fingerprint density at radius 3 is 3.31 bits per heavy atom. The summed E-state index contributed by atoms with van der Waals surface area (Å²) in [6, 6.07) is 4.71. The van der Waals surface area contributed by atoms with Crippen LogP contribution in [0.2, 0.25) is 0 Å². The van der Waals surface area contributed by atoms with Gasteiger partial charge in [-0.2, -0.15) is 11.8 Å². The van der Waals surface area contributed by atoms with E-state index in [1.165, 1.54) is 17.9 Å². The average Bonchev–Trinajstić information content (AvgIpc) is 2.75. The molecule has 72 valence electrons. The Bertz CT molecular complexity index is 229. The second-order valence-corrected chi connectivity index (χ2v) is 4.49. The average molecular weight is 197 g/mol. The second kappa shape index (κ2) is 4.72. The Morgan fingerprint density at radius 1 is 1.62 bits per heavy atom. The Morgan fingerprint density at radius 2 is 2.62 bits per heavy atom. The van der Waals surface area contributed by atoms with Crippen molar-refractivity contribution in [3.05, 3.63) is 24.2 Å². The van der Waals surface area contributed by atoms with E-state index in [0.717, 1.165) is 24.8 Å². The lowest BCUT2D eigenvalue weighted by Crippen LogP contribution is -2.30. The van der Waals surface area contributed by atoms with E-state index in [4.69, 9.17) is 4.42 Å². The van der Waals surface area contributed by atoms with Crippen LogP contribution < -0.4 is 5.32 Å². The van der Waals surface area contributed by atoms with Crippen LogP contribution in [0.5, 0.6) is 0 Å². The molecule has 2 nitrogen and oxygen atoms in total. The number of furan rings is 1. The molecule has 2 heterocycles. The summed E-state index contributed by atoms with van der Waals surface area (Å²) in [6.45, 7) is 1.04. The number of rotatable bonds is 4. The first kappa shape index (κ1) is 9.16. The predicted molar refractivity (Wildman–Crippen MR) is 56.1 cm³/mol. The molecule has 0 amide bonds. The lowest BCUT2D eigenvalue weighted by Gasteiger charge is -2.09. The van der Waals surface area contributed by atoms with Crippen molar-refractivity contribution in [3.8, 4) is 0 Å². The van der Waals surface area contributed by atoms with Gasteiger partial charge in [0.05, 0.1) is 6.26 Å². The van der Waals surface area contributed by atoms with Crippen LogP contribution in [-0.2, 0) is 6.42 Å². The van der Waals surface area contributed by atoms with E-state index in [9.17, 15) is 0 Å². The highest BCUT2D eigenvalue weighted by atomic mass is 32.2. The van der Waals surface area contributed by atoms with Gasteiger partial charge in [-0.25, -0.2) is 0 Å². The van der Waals surface area contributed by atoms with Crippen LogP contribution in [-0.4, -0.2) is 24.1 Å². The van der Waals surface area contributed by atoms with Gasteiger partial charge in [0.25, 0.3) is 0 Å². The first-order chi connectivity index (χ1) is 6.45. The molecular formula is C10H15NOS. The Kier molecular flexibility index (Phi) is 3.33. The fraction of sp³-hybridized carbons (Fsp3) is 0.600. The molecule has 0 radical (unpaired) electrons. The van der Waals surface area contributed by atoms with E-state index in [1.54, 1.807) is 6.26 Å². The third-order valence-corrected chi connectivity index (χ3v) is 3.48. The fourth-order valence-electron chi connectivity index (χ4n) is 1.55. The molecule has 1 saturated heterocycles. The minimum absolute atomic E-state index is 0.736. The molecule has 1 aromatic heterocycles. The molecule has 13 heavy (non-hydrogen) atoms. The van der Waals surface area contributed by atoms with E-state index in [1.807, 2.05) is 23.9 Å². The first-order valence-corrected chi connectivity index (χ1v) is 5.94. The van der Waals surface area contributed by atoms with Crippen molar-refractivity contribution in [3.63, 3.8) is 0 Å². The van der Waals surface area contributed by atoms with Crippen molar-refractivity contribution in [2.75, 3.05) is 18.1 Å². The molecule has 0 saturated carbocycles. The summed E-state index contributed by atoms with van der Waals surface area (Å²) in [7, 11) is 0. The largest absolute Gasteiger partial charge is 0.469 e. The highest BCUT2D eigenvalue weighted by molar-refractivity contribution is 7.99. The summed E-state index contributed by atoms with van der Waals surface area (Å²) in [6.07, 6.45) is 4.07. The standard InChI is InChI=1S/C10H15NOS/c1-2-10(12-6-1)3-5-11-9-4-7-13-8-9/h1-2,6,9,11H,3-5,7-8H2. The Balaban J connectivity index is 1.63. The molecular weight excluding hydrogens is 182 g/mol. The molecule has 1 atom stereocenters. The van der Waals surface area contributed by atoms with Gasteiger partial charge in [0, 0.05) is 24.8 Å². The molecule has 1 aliphatic heterocycles. The molecule has 1 aromatic rings. The smallest absolute Gasteiger partial charge is 0.105 e. The van der Waals surface area contributed by atoms with E-state index < -0.39 is 0 Å². The summed E-state index contributed by atoms with van der Waals surface area (Å²) < 4.78 is 5.25. The third-order valence-electron chi connectivity index (χ3n) is 2.31. The Labute approximate surface area is 83.1 Å². The number of hydrogen-bond acceptors (Lipinski definition) is 3. The number of nitrogens with one attached hydrogen (secondary N) is 1. The van der Waals surface area contributed by atoms with Gasteiger partial charge in [-0.3, -0.25) is 0 Å². The van der Waals surface area contributed by atoms with Gasteiger partial charge in [0.2, 0.25) is 0 Å². The van der Waals surface area contributed by atoms with Crippen molar-refractivity contribution in [2.24, 2.45) is 0 Å². The minimum Gasteiger partial charge on any atom is -0.469 e. The van der Waals surface area contributed by atoms with Crippen molar-refractivity contribution in [1.29, 1.82) is 0 Å². The summed E-state index contributed by atoms with van der Waals surface area (Å²) in [4.78, 5) is 0. The van der Waals surface area contributed by atoms with Crippen LogP contribution in [0.15, 0.2) is 22.8 Å². The quantitative estimate of drug-likeness (QED) is 0.798. The summed E-state index contributed by atoms with van der Waals surface area (Å²) in [5, 5.41) is 3.54. The van der Waals surface area contributed by atoms with E-state index in [2.05, 4.69) is 5.32 Å². The third kappa shape index (κ3) is 2.78. The zero-order valence-corrected chi connectivity index (χ0v) is 8.48. The van der Waals surface area contributed by atoms with Crippen molar-refractivity contribution < 1.29 is 4.42 Å². The molecule has 1 fully saturated rings. The van der Waals surface area contributed by atoms with Crippen molar-refractivity contribution >= 4 is 11.8 Å². The van der Waals surface area contributed by atoms with Crippen LogP contribution in [0.4, 0.5) is 0 Å². The monoisotopic (exact) mass is 197 g/mol. The van der Waals surface area contributed by atoms with Crippen molar-refractivity contribution in [1.82, 2.24) is 5.32 Å². The van der Waals surface area contributed by atoms with Crippen LogP contribution in [0.25, 0.3) is 0 Å². The molecule has 0 aromatic carbocycles. The molecule has 1 unspecified atom stereocenters. The van der Waals surface area contributed by atoms with E-state index in [-0.39, 0.29) is 0 Å². The van der Waals surface area contributed by atoms with Gasteiger partial charge in [-0.1, -0.05) is 0 Å². The lowest BCUT2D eigenvalue weighted by molar-refractivity contribution is 0.484. The van der Waals surface area contributed by atoms with Gasteiger partial charge >= 0.3 is 0 Å². The van der Waals surface area contributed by atoms with Crippen LogP contribution in [0, 0.1) is 0 Å². The fourth-order valence-corrected chi connectivity index (χ4v) is 2.74. The molecule has 1 N–H and O–H groups in total.